The molecule has 1 aliphatic heterocycles. The Hall–Kier alpha value is -1.91. The van der Waals surface area contributed by atoms with E-state index in [1.165, 1.54) is 11.1 Å². The van der Waals surface area contributed by atoms with E-state index < -0.39 is 0 Å². The largest absolute Gasteiger partial charge is 0.325 e. The van der Waals surface area contributed by atoms with Gasteiger partial charge in [0.2, 0.25) is 0 Å². The molecule has 1 aliphatic rings. The number of benzene rings is 1. The van der Waals surface area contributed by atoms with Crippen LogP contribution in [0, 0.1) is 6.92 Å². The molecule has 2 N–H and O–H groups in total. The molecule has 1 aromatic heterocycles. The van der Waals surface area contributed by atoms with Gasteiger partial charge in [0.25, 0.3) is 5.91 Å². The van der Waals surface area contributed by atoms with Crippen LogP contribution in [0.25, 0.3) is 0 Å². The molecule has 0 radical (unpaired) electrons. The van der Waals surface area contributed by atoms with Crippen molar-refractivity contribution in [3.05, 3.63) is 58.9 Å². The van der Waals surface area contributed by atoms with Gasteiger partial charge in [-0.3, -0.25) is 9.78 Å². The number of carbonyl (C=O) groups is 1. The van der Waals surface area contributed by atoms with Crippen molar-refractivity contribution >= 4 is 24.0 Å². The van der Waals surface area contributed by atoms with E-state index in [1.807, 2.05) is 11.0 Å². The fourth-order valence-corrected chi connectivity index (χ4v) is 2.82. The zero-order chi connectivity index (χ0) is 14.8. The maximum atomic E-state index is 12.8. The third kappa shape index (κ3) is 3.13. The maximum Gasteiger partial charge on any atom is 0.258 e. The molecule has 0 fully saturated rings. The Kier molecular flexibility index (Phi) is 5.16. The Morgan fingerprint density at radius 1 is 1.32 bits per heavy atom. The maximum absolute atomic E-state index is 12.8. The lowest BCUT2D eigenvalue weighted by Crippen LogP contribution is -2.35. The van der Waals surface area contributed by atoms with E-state index in [2.05, 4.69) is 24.0 Å². The van der Waals surface area contributed by atoms with Crippen LogP contribution in [0.4, 0.5) is 5.69 Å². The normalized spacial score (nSPS) is 13.3. The van der Waals surface area contributed by atoms with Gasteiger partial charge in [0.05, 0.1) is 5.69 Å². The van der Waals surface area contributed by atoms with Gasteiger partial charge >= 0.3 is 0 Å². The van der Waals surface area contributed by atoms with Gasteiger partial charge < -0.3 is 10.6 Å². The van der Waals surface area contributed by atoms with Crippen LogP contribution in [0.15, 0.2) is 36.5 Å². The van der Waals surface area contributed by atoms with Crippen molar-refractivity contribution in [3.63, 3.8) is 0 Å². The topological polar surface area (TPSA) is 59.2 Å². The van der Waals surface area contributed by atoms with Crippen LogP contribution in [-0.2, 0) is 13.0 Å². The lowest BCUT2D eigenvalue weighted by molar-refractivity contribution is 0.0985. The molecule has 5 heteroatoms. The number of aryl methyl sites for hydroxylation is 2. The van der Waals surface area contributed by atoms with Crippen molar-refractivity contribution in [2.75, 3.05) is 11.4 Å². The number of anilines is 1. The van der Waals surface area contributed by atoms with E-state index in [9.17, 15) is 4.79 Å². The average molecular weight is 318 g/mol. The number of nitrogens with zero attached hydrogens (tertiary/aromatic N) is 2. The number of halogens is 1. The predicted molar refractivity (Wildman–Crippen MR) is 90.6 cm³/mol. The summed E-state index contributed by atoms with van der Waals surface area (Å²) in [6.07, 6.45) is 3.68. The molecule has 116 valence electrons. The van der Waals surface area contributed by atoms with Crippen LogP contribution in [0.5, 0.6) is 0 Å². The zero-order valence-electron chi connectivity index (χ0n) is 12.6. The second kappa shape index (κ2) is 6.90. The number of hydrogen-bond acceptors (Lipinski definition) is 3. The van der Waals surface area contributed by atoms with Crippen LogP contribution in [0.1, 0.15) is 33.6 Å². The lowest BCUT2D eigenvalue weighted by atomic mass is 9.99. The van der Waals surface area contributed by atoms with Crippen LogP contribution in [0.2, 0.25) is 0 Å². The fourth-order valence-electron chi connectivity index (χ4n) is 2.82. The Labute approximate surface area is 136 Å². The number of aromatic nitrogens is 1. The molecule has 0 atom stereocenters. The first-order valence-electron chi connectivity index (χ1n) is 7.25. The average Bonchev–Trinajstić information content (AvgIpc) is 2.53. The number of pyridine rings is 1. The van der Waals surface area contributed by atoms with Crippen molar-refractivity contribution in [3.8, 4) is 0 Å². The van der Waals surface area contributed by atoms with Gasteiger partial charge in [0, 0.05) is 30.5 Å². The number of fused-ring (bicyclic) bond motifs is 1. The van der Waals surface area contributed by atoms with Gasteiger partial charge in [-0.1, -0.05) is 17.7 Å². The molecule has 0 unspecified atom stereocenters. The van der Waals surface area contributed by atoms with Crippen molar-refractivity contribution in [1.82, 2.24) is 4.98 Å². The van der Waals surface area contributed by atoms with Crippen molar-refractivity contribution in [1.29, 1.82) is 0 Å². The number of carbonyl (C=O) groups excluding carboxylic acids is 1. The first-order chi connectivity index (χ1) is 10.2. The smallest absolute Gasteiger partial charge is 0.258 e. The fraction of sp³-hybridized carbons (Fsp3) is 0.294. The molecule has 1 amide bonds. The summed E-state index contributed by atoms with van der Waals surface area (Å²) in [6, 6.07) is 9.82. The van der Waals surface area contributed by atoms with Crippen molar-refractivity contribution in [2.24, 2.45) is 5.73 Å². The molecule has 0 bridgehead atoms. The van der Waals surface area contributed by atoms with E-state index in [4.69, 9.17) is 5.73 Å². The summed E-state index contributed by atoms with van der Waals surface area (Å²) in [7, 11) is 0. The summed E-state index contributed by atoms with van der Waals surface area (Å²) < 4.78 is 0. The second-order valence-electron chi connectivity index (χ2n) is 5.43. The van der Waals surface area contributed by atoms with Crippen LogP contribution in [-0.4, -0.2) is 17.4 Å². The van der Waals surface area contributed by atoms with Gasteiger partial charge in [-0.2, -0.15) is 0 Å². The molecule has 0 saturated heterocycles. The highest BCUT2D eigenvalue weighted by Gasteiger charge is 2.23. The highest BCUT2D eigenvalue weighted by Crippen LogP contribution is 2.29. The summed E-state index contributed by atoms with van der Waals surface area (Å²) >= 11 is 0. The molecule has 0 spiro atoms. The predicted octanol–water partition coefficient (Wildman–Crippen LogP) is 2.86. The number of rotatable bonds is 2. The Morgan fingerprint density at radius 2 is 2.14 bits per heavy atom. The van der Waals surface area contributed by atoms with Crippen molar-refractivity contribution < 1.29 is 4.79 Å². The Balaban J connectivity index is 0.00000176. The minimum Gasteiger partial charge on any atom is -0.325 e. The van der Waals surface area contributed by atoms with Crippen LogP contribution in [0.3, 0.4) is 0 Å². The molecule has 0 aliphatic carbocycles. The first kappa shape index (κ1) is 16.5. The van der Waals surface area contributed by atoms with E-state index in [-0.39, 0.29) is 18.3 Å². The standard InChI is InChI=1S/C17H19N3O.ClH/c1-12-4-5-16-13(9-12)3-2-8-20(16)17(21)14-6-7-19-15(10-14)11-18;/h4-7,9-10H,2-3,8,11,18H2,1H3;1H. The third-order valence-electron chi connectivity index (χ3n) is 3.87. The highest BCUT2D eigenvalue weighted by molar-refractivity contribution is 6.06. The number of amides is 1. The number of nitrogens with two attached hydrogens (primary N) is 1. The molecule has 2 heterocycles. The molecular weight excluding hydrogens is 298 g/mol. The van der Waals surface area contributed by atoms with E-state index in [0.717, 1.165) is 30.8 Å². The minimum absolute atomic E-state index is 0. The van der Waals surface area contributed by atoms with Gasteiger partial charge in [-0.05, 0) is 43.5 Å². The molecule has 0 saturated carbocycles. The molecule has 22 heavy (non-hydrogen) atoms. The summed E-state index contributed by atoms with van der Waals surface area (Å²) in [6.45, 7) is 3.18. The third-order valence-corrected chi connectivity index (χ3v) is 3.87. The van der Waals surface area contributed by atoms with Crippen molar-refractivity contribution in [2.45, 2.75) is 26.3 Å². The quantitative estimate of drug-likeness (QED) is 0.926. The molecule has 2 aromatic rings. The summed E-state index contributed by atoms with van der Waals surface area (Å²) in [5.41, 5.74) is 10.5. The highest BCUT2D eigenvalue weighted by atomic mass is 35.5. The molecule has 1 aromatic carbocycles. The Bertz CT molecular complexity index is 687. The van der Waals surface area contributed by atoms with E-state index in [1.54, 1.807) is 18.3 Å². The first-order valence-corrected chi connectivity index (χ1v) is 7.25. The summed E-state index contributed by atoms with van der Waals surface area (Å²) in [5.74, 6) is 0.0249. The lowest BCUT2D eigenvalue weighted by Gasteiger charge is -2.30. The minimum atomic E-state index is 0. The number of hydrogen-bond donors (Lipinski definition) is 1. The summed E-state index contributed by atoms with van der Waals surface area (Å²) in [4.78, 5) is 18.8. The van der Waals surface area contributed by atoms with Crippen LogP contribution >= 0.6 is 12.4 Å². The molecule has 4 nitrogen and oxygen atoms in total. The van der Waals surface area contributed by atoms with Gasteiger partial charge in [-0.25, -0.2) is 0 Å². The second-order valence-corrected chi connectivity index (χ2v) is 5.43. The van der Waals surface area contributed by atoms with E-state index in [0.29, 0.717) is 12.1 Å². The SMILES string of the molecule is Cc1ccc2c(c1)CCCN2C(=O)c1ccnc(CN)c1.Cl. The zero-order valence-corrected chi connectivity index (χ0v) is 13.4. The van der Waals surface area contributed by atoms with Crippen LogP contribution < -0.4 is 10.6 Å². The van der Waals surface area contributed by atoms with Gasteiger partial charge in [0.1, 0.15) is 0 Å². The molecular formula is C17H20ClN3O. The monoisotopic (exact) mass is 317 g/mol. The van der Waals surface area contributed by atoms with Gasteiger partial charge in [0.15, 0.2) is 0 Å². The molecule has 3 rings (SSSR count). The van der Waals surface area contributed by atoms with E-state index >= 15 is 0 Å². The Morgan fingerprint density at radius 3 is 2.91 bits per heavy atom. The summed E-state index contributed by atoms with van der Waals surface area (Å²) in [5, 5.41) is 0. The van der Waals surface area contributed by atoms with Gasteiger partial charge in [-0.15, -0.1) is 12.4 Å².